The van der Waals surface area contributed by atoms with E-state index in [2.05, 4.69) is 5.32 Å². The first-order chi connectivity index (χ1) is 11.6. The average Bonchev–Trinajstić information content (AvgIpc) is 3.25. The molecule has 1 aromatic carbocycles. The molecule has 2 aromatic rings. The molecule has 1 aliphatic carbocycles. The lowest BCUT2D eigenvalue weighted by Gasteiger charge is -2.25. The van der Waals surface area contributed by atoms with E-state index in [1.54, 1.807) is 0 Å². The summed E-state index contributed by atoms with van der Waals surface area (Å²) in [5, 5.41) is 4.62. The van der Waals surface area contributed by atoms with Gasteiger partial charge in [-0.1, -0.05) is 36.4 Å². The third-order valence-corrected chi connectivity index (χ3v) is 5.07. The van der Waals surface area contributed by atoms with Crippen molar-refractivity contribution in [3.63, 3.8) is 0 Å². The minimum Gasteiger partial charge on any atom is -0.352 e. The van der Waals surface area contributed by atoms with Crippen molar-refractivity contribution in [2.75, 3.05) is 0 Å². The second-order valence-electron chi connectivity index (χ2n) is 6.02. The van der Waals surface area contributed by atoms with Crippen molar-refractivity contribution in [3.05, 3.63) is 58.3 Å². The van der Waals surface area contributed by atoms with Crippen LogP contribution in [-0.2, 0) is 11.3 Å². The summed E-state index contributed by atoms with van der Waals surface area (Å²) in [5.74, 6) is 0.0495. The van der Waals surface area contributed by atoms with Gasteiger partial charge in [-0.3, -0.25) is 4.79 Å². The van der Waals surface area contributed by atoms with Crippen molar-refractivity contribution >= 4 is 23.3 Å². The SMILES string of the molecule is NC(=O)NC(CC(=O)N(Cc1ccccc1)C1CC1)c1cccs1. The molecule has 1 aliphatic rings. The van der Waals surface area contributed by atoms with Crippen LogP contribution in [0.25, 0.3) is 0 Å². The summed E-state index contributed by atoms with van der Waals surface area (Å²) >= 11 is 1.51. The summed E-state index contributed by atoms with van der Waals surface area (Å²) in [6.45, 7) is 0.609. The van der Waals surface area contributed by atoms with Crippen LogP contribution in [0.1, 0.15) is 35.7 Å². The van der Waals surface area contributed by atoms with Crippen LogP contribution < -0.4 is 11.1 Å². The molecule has 3 rings (SSSR count). The number of hydrogen-bond donors (Lipinski definition) is 2. The van der Waals surface area contributed by atoms with Gasteiger partial charge in [0, 0.05) is 17.5 Å². The molecule has 1 atom stereocenters. The Bertz CT molecular complexity index is 684. The Balaban J connectivity index is 1.70. The molecule has 0 spiro atoms. The number of nitrogens with two attached hydrogens (primary N) is 1. The molecule has 1 saturated carbocycles. The first-order valence-corrected chi connectivity index (χ1v) is 8.94. The van der Waals surface area contributed by atoms with Gasteiger partial charge in [0.15, 0.2) is 0 Å². The number of carbonyl (C=O) groups is 2. The van der Waals surface area contributed by atoms with Crippen LogP contribution >= 0.6 is 11.3 Å². The van der Waals surface area contributed by atoms with Gasteiger partial charge in [-0.2, -0.15) is 0 Å². The Kier molecular flexibility index (Phi) is 5.15. The second kappa shape index (κ2) is 7.49. The minimum atomic E-state index is -0.609. The number of thiophene rings is 1. The molecule has 0 aliphatic heterocycles. The zero-order valence-electron chi connectivity index (χ0n) is 13.4. The van der Waals surface area contributed by atoms with Gasteiger partial charge in [0.2, 0.25) is 5.91 Å². The van der Waals surface area contributed by atoms with Crippen molar-refractivity contribution in [1.82, 2.24) is 10.2 Å². The number of benzene rings is 1. The highest BCUT2D eigenvalue weighted by atomic mass is 32.1. The lowest BCUT2D eigenvalue weighted by Crippen LogP contribution is -2.38. The number of amides is 3. The Morgan fingerprint density at radius 3 is 2.54 bits per heavy atom. The third kappa shape index (κ3) is 4.35. The minimum absolute atomic E-state index is 0.0495. The zero-order chi connectivity index (χ0) is 16.9. The summed E-state index contributed by atoms with van der Waals surface area (Å²) in [5.41, 5.74) is 6.40. The van der Waals surface area contributed by atoms with Crippen LogP contribution in [0.2, 0.25) is 0 Å². The maximum absolute atomic E-state index is 12.9. The molecular weight excluding hydrogens is 322 g/mol. The van der Waals surface area contributed by atoms with Crippen LogP contribution in [0.4, 0.5) is 4.79 Å². The van der Waals surface area contributed by atoms with Crippen molar-refractivity contribution in [1.29, 1.82) is 0 Å². The second-order valence-corrected chi connectivity index (χ2v) is 7.00. The van der Waals surface area contributed by atoms with Gasteiger partial charge in [0.05, 0.1) is 12.5 Å². The number of carbonyl (C=O) groups excluding carboxylic acids is 2. The summed E-state index contributed by atoms with van der Waals surface area (Å²) in [4.78, 5) is 27.0. The summed E-state index contributed by atoms with van der Waals surface area (Å²) in [7, 11) is 0. The van der Waals surface area contributed by atoms with Crippen LogP contribution in [0.3, 0.4) is 0 Å². The maximum atomic E-state index is 12.9. The van der Waals surface area contributed by atoms with Crippen LogP contribution in [0.15, 0.2) is 47.8 Å². The molecule has 3 amide bonds. The van der Waals surface area contributed by atoms with Crippen molar-refractivity contribution < 1.29 is 9.59 Å². The number of rotatable bonds is 7. The quantitative estimate of drug-likeness (QED) is 0.811. The van der Waals surface area contributed by atoms with Gasteiger partial charge in [-0.25, -0.2) is 4.79 Å². The average molecular weight is 343 g/mol. The lowest BCUT2D eigenvalue weighted by molar-refractivity contribution is -0.132. The summed E-state index contributed by atoms with van der Waals surface area (Å²) < 4.78 is 0. The Morgan fingerprint density at radius 2 is 1.96 bits per heavy atom. The van der Waals surface area contributed by atoms with E-state index in [9.17, 15) is 9.59 Å². The highest BCUT2D eigenvalue weighted by Crippen LogP contribution is 2.31. The highest BCUT2D eigenvalue weighted by molar-refractivity contribution is 7.10. The largest absolute Gasteiger partial charge is 0.352 e. The van der Waals surface area contributed by atoms with E-state index in [0.717, 1.165) is 23.3 Å². The molecule has 1 fully saturated rings. The molecule has 24 heavy (non-hydrogen) atoms. The van der Waals surface area contributed by atoms with Crippen molar-refractivity contribution in [3.8, 4) is 0 Å². The molecule has 0 radical (unpaired) electrons. The maximum Gasteiger partial charge on any atom is 0.312 e. The molecule has 126 valence electrons. The van der Waals surface area contributed by atoms with Crippen LogP contribution in [0.5, 0.6) is 0 Å². The number of primary amides is 1. The summed E-state index contributed by atoms with van der Waals surface area (Å²) in [6.07, 6.45) is 2.32. The molecular formula is C18H21N3O2S. The number of nitrogens with one attached hydrogen (secondary N) is 1. The summed E-state index contributed by atoms with van der Waals surface area (Å²) in [6, 6.07) is 13.1. The fourth-order valence-electron chi connectivity index (χ4n) is 2.76. The van der Waals surface area contributed by atoms with E-state index >= 15 is 0 Å². The predicted molar refractivity (Wildman–Crippen MR) is 94.4 cm³/mol. The molecule has 1 heterocycles. The van der Waals surface area contributed by atoms with E-state index in [-0.39, 0.29) is 18.4 Å². The van der Waals surface area contributed by atoms with E-state index in [0.29, 0.717) is 12.6 Å². The fraction of sp³-hybridized carbons (Fsp3) is 0.333. The number of hydrogen-bond acceptors (Lipinski definition) is 3. The van der Waals surface area contributed by atoms with Crippen LogP contribution in [0, 0.1) is 0 Å². The van der Waals surface area contributed by atoms with Gasteiger partial charge in [-0.15, -0.1) is 11.3 Å². The van der Waals surface area contributed by atoms with E-state index in [1.807, 2.05) is 52.7 Å². The van der Waals surface area contributed by atoms with Gasteiger partial charge in [0.25, 0.3) is 0 Å². The number of nitrogens with zero attached hydrogens (tertiary/aromatic N) is 1. The number of urea groups is 1. The standard InChI is InChI=1S/C18H21N3O2S/c19-18(23)20-15(16-7-4-10-24-16)11-17(22)21(14-8-9-14)12-13-5-2-1-3-6-13/h1-7,10,14-15H,8-9,11-12H2,(H3,19,20,23). The first kappa shape index (κ1) is 16.5. The fourth-order valence-corrected chi connectivity index (χ4v) is 3.54. The smallest absolute Gasteiger partial charge is 0.312 e. The predicted octanol–water partition coefficient (Wildman–Crippen LogP) is 3.04. The zero-order valence-corrected chi connectivity index (χ0v) is 14.2. The first-order valence-electron chi connectivity index (χ1n) is 8.06. The molecule has 3 N–H and O–H groups in total. The van der Waals surface area contributed by atoms with E-state index in [4.69, 9.17) is 5.73 Å². The van der Waals surface area contributed by atoms with Crippen LogP contribution in [-0.4, -0.2) is 22.9 Å². The molecule has 0 bridgehead atoms. The van der Waals surface area contributed by atoms with Crippen molar-refractivity contribution in [2.45, 2.75) is 37.9 Å². The van der Waals surface area contributed by atoms with E-state index < -0.39 is 6.03 Å². The Morgan fingerprint density at radius 1 is 1.21 bits per heavy atom. The Labute approximate surface area is 145 Å². The Hall–Kier alpha value is -2.34. The molecule has 0 saturated heterocycles. The normalized spacial score (nSPS) is 14.8. The highest BCUT2D eigenvalue weighted by Gasteiger charge is 2.33. The lowest BCUT2D eigenvalue weighted by atomic mass is 10.1. The molecule has 6 heteroatoms. The monoisotopic (exact) mass is 343 g/mol. The van der Waals surface area contributed by atoms with Gasteiger partial charge in [-0.05, 0) is 29.9 Å². The molecule has 1 unspecified atom stereocenters. The van der Waals surface area contributed by atoms with E-state index in [1.165, 1.54) is 11.3 Å². The van der Waals surface area contributed by atoms with Gasteiger partial charge in [0.1, 0.15) is 0 Å². The van der Waals surface area contributed by atoms with Crippen molar-refractivity contribution in [2.24, 2.45) is 5.73 Å². The van der Waals surface area contributed by atoms with Gasteiger partial charge < -0.3 is 16.0 Å². The molecule has 5 nitrogen and oxygen atoms in total. The topological polar surface area (TPSA) is 75.4 Å². The van der Waals surface area contributed by atoms with Gasteiger partial charge >= 0.3 is 6.03 Å². The molecule has 1 aromatic heterocycles. The third-order valence-electron chi connectivity index (χ3n) is 4.09.